The SMILES string of the molecule is Cc1ncnc(NCC#N)n1. The van der Waals surface area contributed by atoms with Crippen LogP contribution in [-0.4, -0.2) is 21.5 Å². The second kappa shape index (κ2) is 3.46. The van der Waals surface area contributed by atoms with Crippen LogP contribution in [-0.2, 0) is 0 Å². The number of anilines is 1. The van der Waals surface area contributed by atoms with Gasteiger partial charge in [0.15, 0.2) is 0 Å². The van der Waals surface area contributed by atoms with E-state index in [1.54, 1.807) is 6.92 Å². The summed E-state index contributed by atoms with van der Waals surface area (Å²) in [6, 6.07) is 1.92. The first-order valence-electron chi connectivity index (χ1n) is 3.09. The molecule has 11 heavy (non-hydrogen) atoms. The summed E-state index contributed by atoms with van der Waals surface area (Å²) in [4.78, 5) is 11.5. The lowest BCUT2D eigenvalue weighted by Crippen LogP contribution is -2.04. The van der Waals surface area contributed by atoms with Crippen molar-refractivity contribution in [1.29, 1.82) is 5.26 Å². The van der Waals surface area contributed by atoms with Crippen molar-refractivity contribution in [2.24, 2.45) is 0 Å². The third kappa shape index (κ3) is 2.18. The molecule has 1 rings (SSSR count). The molecule has 0 bridgehead atoms. The molecule has 1 aromatic rings. The third-order valence-electron chi connectivity index (χ3n) is 1.02. The summed E-state index contributed by atoms with van der Waals surface area (Å²) in [7, 11) is 0. The van der Waals surface area contributed by atoms with Gasteiger partial charge < -0.3 is 5.32 Å². The maximum absolute atomic E-state index is 8.21. The van der Waals surface area contributed by atoms with E-state index in [0.717, 1.165) is 0 Å². The minimum atomic E-state index is 0.212. The molecule has 5 nitrogen and oxygen atoms in total. The van der Waals surface area contributed by atoms with Crippen molar-refractivity contribution in [1.82, 2.24) is 15.0 Å². The molecule has 0 aliphatic carbocycles. The molecule has 0 radical (unpaired) electrons. The molecule has 0 aliphatic rings. The fourth-order valence-electron chi connectivity index (χ4n) is 0.582. The number of aromatic nitrogens is 3. The van der Waals surface area contributed by atoms with E-state index in [1.165, 1.54) is 6.33 Å². The molecule has 0 aromatic carbocycles. The van der Waals surface area contributed by atoms with E-state index in [-0.39, 0.29) is 6.54 Å². The molecular formula is C6H7N5. The van der Waals surface area contributed by atoms with E-state index >= 15 is 0 Å². The number of aryl methyl sites for hydroxylation is 1. The lowest BCUT2D eigenvalue weighted by atomic mass is 10.6. The van der Waals surface area contributed by atoms with Gasteiger partial charge in [0.25, 0.3) is 0 Å². The van der Waals surface area contributed by atoms with Crippen LogP contribution in [0.2, 0.25) is 0 Å². The summed E-state index contributed by atoms with van der Waals surface area (Å²) < 4.78 is 0. The van der Waals surface area contributed by atoms with Crippen LogP contribution in [0.3, 0.4) is 0 Å². The molecule has 0 amide bonds. The number of nitrogens with zero attached hydrogens (tertiary/aromatic N) is 4. The zero-order valence-corrected chi connectivity index (χ0v) is 6.07. The quantitative estimate of drug-likeness (QED) is 0.604. The van der Waals surface area contributed by atoms with Crippen molar-refractivity contribution >= 4 is 5.95 Å². The number of rotatable bonds is 2. The predicted molar refractivity (Wildman–Crippen MR) is 38.7 cm³/mol. The number of nitrogens with one attached hydrogen (secondary N) is 1. The second-order valence-electron chi connectivity index (χ2n) is 1.87. The molecule has 0 saturated carbocycles. The van der Waals surface area contributed by atoms with Gasteiger partial charge in [-0.05, 0) is 6.92 Å². The smallest absolute Gasteiger partial charge is 0.226 e. The van der Waals surface area contributed by atoms with Gasteiger partial charge in [-0.1, -0.05) is 0 Å². The lowest BCUT2D eigenvalue weighted by molar-refractivity contribution is 0.970. The first-order valence-corrected chi connectivity index (χ1v) is 3.09. The van der Waals surface area contributed by atoms with Gasteiger partial charge in [0.05, 0.1) is 6.07 Å². The van der Waals surface area contributed by atoms with Crippen molar-refractivity contribution in [3.05, 3.63) is 12.2 Å². The largest absolute Gasteiger partial charge is 0.341 e. The van der Waals surface area contributed by atoms with E-state index in [4.69, 9.17) is 5.26 Å². The Morgan fingerprint density at radius 2 is 2.45 bits per heavy atom. The fourth-order valence-corrected chi connectivity index (χ4v) is 0.582. The zero-order valence-electron chi connectivity index (χ0n) is 6.07. The third-order valence-corrected chi connectivity index (χ3v) is 1.02. The van der Waals surface area contributed by atoms with Crippen molar-refractivity contribution in [2.45, 2.75) is 6.92 Å². The van der Waals surface area contributed by atoms with Gasteiger partial charge in [0.2, 0.25) is 5.95 Å². The van der Waals surface area contributed by atoms with Crippen LogP contribution in [0.4, 0.5) is 5.95 Å². The maximum Gasteiger partial charge on any atom is 0.226 e. The van der Waals surface area contributed by atoms with Crippen molar-refractivity contribution in [3.63, 3.8) is 0 Å². The Kier molecular flexibility index (Phi) is 2.33. The van der Waals surface area contributed by atoms with Gasteiger partial charge in [0, 0.05) is 0 Å². The molecule has 0 saturated heterocycles. The average Bonchev–Trinajstić information content (AvgIpc) is 2.01. The monoisotopic (exact) mass is 149 g/mol. The summed E-state index contributed by atoms with van der Waals surface area (Å²) >= 11 is 0. The van der Waals surface area contributed by atoms with Gasteiger partial charge in [0.1, 0.15) is 18.7 Å². The molecule has 0 unspecified atom stereocenters. The van der Waals surface area contributed by atoms with E-state index in [0.29, 0.717) is 11.8 Å². The van der Waals surface area contributed by atoms with Gasteiger partial charge in [-0.3, -0.25) is 0 Å². The molecule has 56 valence electrons. The number of hydrogen-bond donors (Lipinski definition) is 1. The Labute approximate surface area is 64.1 Å². The van der Waals surface area contributed by atoms with Gasteiger partial charge in [-0.25, -0.2) is 9.97 Å². The summed E-state index contributed by atoms with van der Waals surface area (Å²) in [6.45, 7) is 1.97. The van der Waals surface area contributed by atoms with E-state index in [9.17, 15) is 0 Å². The molecule has 5 heteroatoms. The molecule has 0 fully saturated rings. The highest BCUT2D eigenvalue weighted by Crippen LogP contribution is 1.93. The number of hydrogen-bond acceptors (Lipinski definition) is 5. The Balaban J connectivity index is 2.65. The second-order valence-corrected chi connectivity index (χ2v) is 1.87. The summed E-state index contributed by atoms with van der Waals surface area (Å²) in [5, 5.41) is 10.9. The highest BCUT2D eigenvalue weighted by molar-refractivity contribution is 5.23. The number of nitriles is 1. The van der Waals surface area contributed by atoms with E-state index in [1.807, 2.05) is 6.07 Å². The van der Waals surface area contributed by atoms with Crippen LogP contribution in [0.15, 0.2) is 6.33 Å². The summed E-state index contributed by atoms with van der Waals surface area (Å²) in [6.07, 6.45) is 1.40. The van der Waals surface area contributed by atoms with Gasteiger partial charge >= 0.3 is 0 Å². The molecule has 1 N–H and O–H groups in total. The van der Waals surface area contributed by atoms with Crippen molar-refractivity contribution in [3.8, 4) is 6.07 Å². The average molecular weight is 149 g/mol. The minimum absolute atomic E-state index is 0.212. The molecular weight excluding hydrogens is 142 g/mol. The Morgan fingerprint density at radius 3 is 3.09 bits per heavy atom. The van der Waals surface area contributed by atoms with Crippen LogP contribution in [0, 0.1) is 18.3 Å². The first kappa shape index (κ1) is 7.41. The van der Waals surface area contributed by atoms with Crippen LogP contribution in [0.25, 0.3) is 0 Å². The predicted octanol–water partition coefficient (Wildman–Crippen LogP) is 0.115. The maximum atomic E-state index is 8.21. The highest BCUT2D eigenvalue weighted by Gasteiger charge is 1.93. The zero-order chi connectivity index (χ0) is 8.10. The van der Waals surface area contributed by atoms with Crippen LogP contribution in [0.1, 0.15) is 5.82 Å². The molecule has 0 atom stereocenters. The first-order chi connectivity index (χ1) is 5.33. The standard InChI is InChI=1S/C6H7N5/c1-5-9-4-10-6(11-5)8-3-2-7/h4H,3H2,1H3,(H,8,9,10,11). The fraction of sp³-hybridized carbons (Fsp3) is 0.333. The Bertz CT molecular complexity index is 277. The van der Waals surface area contributed by atoms with E-state index in [2.05, 4.69) is 20.3 Å². The lowest BCUT2D eigenvalue weighted by Gasteiger charge is -1.97. The van der Waals surface area contributed by atoms with Crippen LogP contribution >= 0.6 is 0 Å². The van der Waals surface area contributed by atoms with E-state index < -0.39 is 0 Å². The van der Waals surface area contributed by atoms with Gasteiger partial charge in [-0.2, -0.15) is 10.2 Å². The normalized spacial score (nSPS) is 8.73. The molecule has 1 aromatic heterocycles. The highest BCUT2D eigenvalue weighted by atomic mass is 15.1. The van der Waals surface area contributed by atoms with Crippen molar-refractivity contribution in [2.75, 3.05) is 11.9 Å². The van der Waals surface area contributed by atoms with Crippen molar-refractivity contribution < 1.29 is 0 Å². The van der Waals surface area contributed by atoms with Crippen LogP contribution in [0.5, 0.6) is 0 Å². The molecule has 1 heterocycles. The summed E-state index contributed by atoms with van der Waals surface area (Å²) in [5.41, 5.74) is 0. The Hall–Kier alpha value is -1.70. The molecule has 0 aliphatic heterocycles. The van der Waals surface area contributed by atoms with Gasteiger partial charge in [-0.15, -0.1) is 0 Å². The summed E-state index contributed by atoms with van der Waals surface area (Å²) in [5.74, 6) is 1.08. The Morgan fingerprint density at radius 1 is 1.64 bits per heavy atom. The molecule has 0 spiro atoms. The minimum Gasteiger partial charge on any atom is -0.341 e. The van der Waals surface area contributed by atoms with Crippen LogP contribution < -0.4 is 5.32 Å². The topological polar surface area (TPSA) is 74.5 Å².